The number of para-hydroxylation sites is 1. The number of nitriles is 1. The lowest BCUT2D eigenvalue weighted by atomic mass is 10.1. The van der Waals surface area contributed by atoms with Crippen LogP contribution in [0.25, 0.3) is 16.3 Å². The Bertz CT molecular complexity index is 933. The van der Waals surface area contributed by atoms with E-state index in [-0.39, 0.29) is 5.91 Å². The van der Waals surface area contributed by atoms with E-state index in [9.17, 15) is 4.79 Å². The third kappa shape index (κ3) is 3.44. The van der Waals surface area contributed by atoms with E-state index in [1.54, 1.807) is 30.3 Å². The zero-order valence-electron chi connectivity index (χ0n) is 12.4. The van der Waals surface area contributed by atoms with E-state index < -0.39 is 0 Å². The van der Waals surface area contributed by atoms with Crippen molar-refractivity contribution in [2.75, 3.05) is 5.32 Å². The van der Waals surface area contributed by atoms with Gasteiger partial charge in [-0.15, -0.1) is 0 Å². The Morgan fingerprint density at radius 3 is 2.74 bits per heavy atom. The molecule has 0 fully saturated rings. The number of hydrogen-bond donors (Lipinski definition) is 1. The molecule has 0 aliphatic rings. The summed E-state index contributed by atoms with van der Waals surface area (Å²) in [4.78, 5) is 16.4. The van der Waals surface area contributed by atoms with Crippen LogP contribution in [0, 0.1) is 18.3 Å². The van der Waals surface area contributed by atoms with Crippen LogP contribution in [0.15, 0.2) is 48.5 Å². The van der Waals surface area contributed by atoms with E-state index in [2.05, 4.69) is 16.4 Å². The Hall–Kier alpha value is -2.97. The van der Waals surface area contributed by atoms with Gasteiger partial charge in [-0.3, -0.25) is 10.1 Å². The molecule has 4 nitrogen and oxygen atoms in total. The van der Waals surface area contributed by atoms with Gasteiger partial charge in [-0.05, 0) is 42.3 Å². The van der Waals surface area contributed by atoms with Gasteiger partial charge in [0.05, 0.1) is 21.8 Å². The SMILES string of the molecule is Cc1cccc2sc(NC(=O)/C=C/c3ccc(C#N)cc3)nc12. The lowest BCUT2D eigenvalue weighted by Gasteiger charge is -1.96. The number of aryl methyl sites for hydroxylation is 1. The van der Waals surface area contributed by atoms with Crippen molar-refractivity contribution in [1.82, 2.24) is 4.98 Å². The second kappa shape index (κ2) is 6.42. The highest BCUT2D eigenvalue weighted by molar-refractivity contribution is 7.22. The molecule has 3 aromatic rings. The molecule has 1 aromatic heterocycles. The van der Waals surface area contributed by atoms with Crippen molar-refractivity contribution in [3.05, 3.63) is 65.2 Å². The smallest absolute Gasteiger partial charge is 0.250 e. The van der Waals surface area contributed by atoms with Gasteiger partial charge in [-0.1, -0.05) is 35.6 Å². The molecule has 0 atom stereocenters. The molecule has 0 saturated heterocycles. The van der Waals surface area contributed by atoms with Crippen molar-refractivity contribution in [1.29, 1.82) is 5.26 Å². The summed E-state index contributed by atoms with van der Waals surface area (Å²) in [5, 5.41) is 12.1. The average Bonchev–Trinajstić information content (AvgIpc) is 2.97. The molecular weight excluding hydrogens is 306 g/mol. The van der Waals surface area contributed by atoms with Gasteiger partial charge in [-0.2, -0.15) is 5.26 Å². The number of carbonyl (C=O) groups excluding carboxylic acids is 1. The molecule has 5 heteroatoms. The highest BCUT2D eigenvalue weighted by atomic mass is 32.1. The van der Waals surface area contributed by atoms with Crippen LogP contribution in [-0.2, 0) is 4.79 Å². The molecule has 112 valence electrons. The number of fused-ring (bicyclic) bond motifs is 1. The van der Waals surface area contributed by atoms with Crippen LogP contribution in [0.4, 0.5) is 5.13 Å². The van der Waals surface area contributed by atoms with Crippen LogP contribution < -0.4 is 5.32 Å². The van der Waals surface area contributed by atoms with Gasteiger partial charge >= 0.3 is 0 Å². The molecule has 0 spiro atoms. The summed E-state index contributed by atoms with van der Waals surface area (Å²) >= 11 is 1.45. The summed E-state index contributed by atoms with van der Waals surface area (Å²) in [7, 11) is 0. The predicted octanol–water partition coefficient (Wildman–Crippen LogP) is 4.13. The number of hydrogen-bond acceptors (Lipinski definition) is 4. The number of aromatic nitrogens is 1. The molecule has 0 aliphatic carbocycles. The fourth-order valence-electron chi connectivity index (χ4n) is 2.13. The van der Waals surface area contributed by atoms with Crippen molar-refractivity contribution in [3.63, 3.8) is 0 Å². The Morgan fingerprint density at radius 1 is 1.26 bits per heavy atom. The Labute approximate surface area is 137 Å². The predicted molar refractivity (Wildman–Crippen MR) is 93.2 cm³/mol. The van der Waals surface area contributed by atoms with E-state index in [4.69, 9.17) is 5.26 Å². The molecule has 2 aromatic carbocycles. The van der Waals surface area contributed by atoms with Crippen molar-refractivity contribution in [3.8, 4) is 6.07 Å². The Morgan fingerprint density at radius 2 is 2.04 bits per heavy atom. The summed E-state index contributed by atoms with van der Waals surface area (Å²) in [6, 6.07) is 15.0. The number of anilines is 1. The third-order valence-electron chi connectivity index (χ3n) is 3.32. The van der Waals surface area contributed by atoms with Gasteiger partial charge in [0, 0.05) is 6.08 Å². The largest absolute Gasteiger partial charge is 0.298 e. The van der Waals surface area contributed by atoms with Gasteiger partial charge in [0.1, 0.15) is 0 Å². The molecule has 0 bridgehead atoms. The maximum atomic E-state index is 12.0. The second-order valence-corrected chi connectivity index (χ2v) is 6.03. The molecule has 0 aliphatic heterocycles. The quantitative estimate of drug-likeness (QED) is 0.738. The van der Waals surface area contributed by atoms with Crippen LogP contribution in [-0.4, -0.2) is 10.9 Å². The zero-order chi connectivity index (χ0) is 16.2. The highest BCUT2D eigenvalue weighted by Crippen LogP contribution is 2.27. The number of nitrogens with zero attached hydrogens (tertiary/aromatic N) is 2. The maximum Gasteiger partial charge on any atom is 0.250 e. The normalized spacial score (nSPS) is 10.8. The number of nitrogens with one attached hydrogen (secondary N) is 1. The minimum Gasteiger partial charge on any atom is -0.298 e. The number of carbonyl (C=O) groups is 1. The number of thiazole rings is 1. The molecule has 3 rings (SSSR count). The Balaban J connectivity index is 1.71. The highest BCUT2D eigenvalue weighted by Gasteiger charge is 2.07. The van der Waals surface area contributed by atoms with Crippen LogP contribution in [0.1, 0.15) is 16.7 Å². The maximum absolute atomic E-state index is 12.0. The zero-order valence-corrected chi connectivity index (χ0v) is 13.2. The lowest BCUT2D eigenvalue weighted by Crippen LogP contribution is -2.07. The summed E-state index contributed by atoms with van der Waals surface area (Å²) in [6.07, 6.45) is 3.16. The molecular formula is C18H13N3OS. The fraction of sp³-hybridized carbons (Fsp3) is 0.0556. The van der Waals surface area contributed by atoms with Gasteiger partial charge < -0.3 is 0 Å². The van der Waals surface area contributed by atoms with Crippen molar-refractivity contribution in [2.45, 2.75) is 6.92 Å². The average molecular weight is 319 g/mol. The molecule has 0 saturated carbocycles. The monoisotopic (exact) mass is 319 g/mol. The molecule has 1 amide bonds. The third-order valence-corrected chi connectivity index (χ3v) is 4.25. The first-order chi connectivity index (χ1) is 11.2. The number of amides is 1. The minimum atomic E-state index is -0.230. The first kappa shape index (κ1) is 14.9. The van der Waals surface area contributed by atoms with E-state index >= 15 is 0 Å². The van der Waals surface area contributed by atoms with E-state index in [0.29, 0.717) is 10.7 Å². The summed E-state index contributed by atoms with van der Waals surface area (Å²) in [5.74, 6) is -0.230. The first-order valence-corrected chi connectivity index (χ1v) is 7.83. The van der Waals surface area contributed by atoms with Crippen LogP contribution in [0.2, 0.25) is 0 Å². The van der Waals surface area contributed by atoms with Gasteiger partial charge in [0.25, 0.3) is 0 Å². The van der Waals surface area contributed by atoms with E-state index in [1.165, 1.54) is 17.4 Å². The van der Waals surface area contributed by atoms with Gasteiger partial charge in [0.15, 0.2) is 5.13 Å². The lowest BCUT2D eigenvalue weighted by molar-refractivity contribution is -0.111. The summed E-state index contributed by atoms with van der Waals surface area (Å²) < 4.78 is 1.05. The molecule has 1 N–H and O–H groups in total. The molecule has 23 heavy (non-hydrogen) atoms. The van der Waals surface area contributed by atoms with Gasteiger partial charge in [-0.25, -0.2) is 4.98 Å². The standard InChI is InChI=1S/C18H13N3OS/c1-12-3-2-4-15-17(12)21-18(23-15)20-16(22)10-9-13-5-7-14(11-19)8-6-13/h2-10H,1H3,(H,20,21,22)/b10-9+. The topological polar surface area (TPSA) is 65.8 Å². The number of rotatable bonds is 3. The van der Waals surface area contributed by atoms with E-state index in [1.807, 2.05) is 25.1 Å². The molecule has 0 radical (unpaired) electrons. The van der Waals surface area contributed by atoms with Crippen molar-refractivity contribution < 1.29 is 4.79 Å². The second-order valence-electron chi connectivity index (χ2n) is 5.00. The van der Waals surface area contributed by atoms with E-state index in [0.717, 1.165) is 21.3 Å². The number of benzene rings is 2. The minimum absolute atomic E-state index is 0.230. The summed E-state index contributed by atoms with van der Waals surface area (Å²) in [6.45, 7) is 2.00. The van der Waals surface area contributed by atoms with Crippen LogP contribution in [0.3, 0.4) is 0 Å². The summed E-state index contributed by atoms with van der Waals surface area (Å²) in [5.41, 5.74) is 3.46. The first-order valence-electron chi connectivity index (χ1n) is 7.01. The fourth-order valence-corrected chi connectivity index (χ4v) is 3.07. The van der Waals surface area contributed by atoms with Crippen LogP contribution in [0.5, 0.6) is 0 Å². The molecule has 0 unspecified atom stereocenters. The van der Waals surface area contributed by atoms with Crippen molar-refractivity contribution >= 4 is 38.7 Å². The molecule has 1 heterocycles. The van der Waals surface area contributed by atoms with Crippen LogP contribution >= 0.6 is 11.3 Å². The Kier molecular flexibility index (Phi) is 4.18. The van der Waals surface area contributed by atoms with Gasteiger partial charge in [0.2, 0.25) is 5.91 Å². The van der Waals surface area contributed by atoms with Crippen molar-refractivity contribution in [2.24, 2.45) is 0 Å².